The molecule has 0 aromatic heterocycles. The van der Waals surface area contributed by atoms with Gasteiger partial charge in [0.2, 0.25) is 0 Å². The molecule has 0 spiro atoms. The Morgan fingerprint density at radius 3 is 2.53 bits per heavy atom. The molecule has 0 bridgehead atoms. The monoisotopic (exact) mass is 276 g/mol. The molecular weight excluding hydrogens is 264 g/mol. The summed E-state index contributed by atoms with van der Waals surface area (Å²) < 4.78 is 5.48. The zero-order valence-electron chi connectivity index (χ0n) is 10.1. The van der Waals surface area contributed by atoms with Gasteiger partial charge in [-0.3, -0.25) is 0 Å². The molecule has 0 radical (unpaired) electrons. The lowest BCUT2D eigenvalue weighted by atomic mass is 10.1. The molecule has 1 atom stereocenters. The third kappa shape index (κ3) is 4.00. The van der Waals surface area contributed by atoms with Crippen LogP contribution in [0.4, 0.5) is 0 Å². The summed E-state index contributed by atoms with van der Waals surface area (Å²) in [6, 6.07) is 16.1. The largest absolute Gasteiger partial charge is 0.478 e. The first kappa shape index (κ1) is 13.4. The number of rotatable bonds is 5. The average Bonchev–Trinajstić information content (AvgIpc) is 2.39. The molecule has 4 heteroatoms. The van der Waals surface area contributed by atoms with Crippen molar-refractivity contribution in [2.24, 2.45) is 0 Å². The van der Waals surface area contributed by atoms with Crippen molar-refractivity contribution in [3.05, 3.63) is 65.2 Å². The van der Waals surface area contributed by atoms with E-state index in [1.54, 1.807) is 24.3 Å². The minimum atomic E-state index is -0.996. The van der Waals surface area contributed by atoms with E-state index in [4.69, 9.17) is 16.3 Å². The van der Waals surface area contributed by atoms with Gasteiger partial charge >= 0.3 is 5.97 Å². The quantitative estimate of drug-likeness (QED) is 0.910. The molecule has 0 aliphatic heterocycles. The summed E-state index contributed by atoms with van der Waals surface area (Å²) in [7, 11) is 0. The molecule has 0 aliphatic carbocycles. The Bertz CT molecular complexity index is 554. The Morgan fingerprint density at radius 1 is 1.16 bits per heavy atom. The molecule has 0 saturated carbocycles. The number of hydrogen-bond acceptors (Lipinski definition) is 2. The fourth-order valence-electron chi connectivity index (χ4n) is 1.71. The number of carboxylic acids is 1. The smallest absolute Gasteiger partial charge is 0.345 e. The molecule has 0 heterocycles. The normalized spacial score (nSPS) is 11.8. The lowest BCUT2D eigenvalue weighted by Crippen LogP contribution is -2.29. The first-order chi connectivity index (χ1) is 9.15. The van der Waals surface area contributed by atoms with E-state index in [0.717, 1.165) is 5.56 Å². The van der Waals surface area contributed by atoms with Crippen LogP contribution in [0.3, 0.4) is 0 Å². The van der Waals surface area contributed by atoms with E-state index < -0.39 is 12.1 Å². The fourth-order valence-corrected chi connectivity index (χ4v) is 1.89. The molecule has 2 aromatic rings. The molecule has 0 unspecified atom stereocenters. The molecule has 0 aliphatic rings. The number of ether oxygens (including phenoxy) is 1. The second-order valence-corrected chi connectivity index (χ2v) is 4.53. The summed E-state index contributed by atoms with van der Waals surface area (Å²) >= 11 is 5.84. The van der Waals surface area contributed by atoms with E-state index in [0.29, 0.717) is 17.2 Å². The van der Waals surface area contributed by atoms with Gasteiger partial charge in [0.05, 0.1) is 0 Å². The third-order valence-electron chi connectivity index (χ3n) is 2.61. The van der Waals surface area contributed by atoms with E-state index in [-0.39, 0.29) is 0 Å². The van der Waals surface area contributed by atoms with E-state index in [1.807, 2.05) is 30.3 Å². The van der Waals surface area contributed by atoms with Crippen LogP contribution in [0.1, 0.15) is 5.56 Å². The standard InChI is InChI=1S/C15H13ClO3/c16-12-7-4-8-13(10-12)19-14(15(17)18)9-11-5-2-1-3-6-11/h1-8,10,14H,9H2,(H,17,18)/t14-/m1/s1. The van der Waals surface area contributed by atoms with Gasteiger partial charge in [0.1, 0.15) is 5.75 Å². The Balaban J connectivity index is 2.11. The molecule has 0 amide bonds. The number of hydrogen-bond donors (Lipinski definition) is 1. The molecule has 1 N–H and O–H groups in total. The zero-order chi connectivity index (χ0) is 13.7. The maximum absolute atomic E-state index is 11.2. The fraction of sp³-hybridized carbons (Fsp3) is 0.133. The van der Waals surface area contributed by atoms with E-state index in [1.165, 1.54) is 0 Å². The van der Waals surface area contributed by atoms with E-state index in [2.05, 4.69) is 0 Å². The second-order valence-electron chi connectivity index (χ2n) is 4.09. The van der Waals surface area contributed by atoms with Crippen LogP contribution in [0.2, 0.25) is 5.02 Å². The minimum Gasteiger partial charge on any atom is -0.478 e. The van der Waals surface area contributed by atoms with Crippen LogP contribution < -0.4 is 4.74 Å². The number of halogens is 1. The molecule has 2 rings (SSSR count). The predicted octanol–water partition coefficient (Wildman–Crippen LogP) is 3.41. The Hall–Kier alpha value is -2.00. The van der Waals surface area contributed by atoms with Gasteiger partial charge in [0.15, 0.2) is 6.10 Å². The van der Waals surface area contributed by atoms with Crippen molar-refractivity contribution in [2.45, 2.75) is 12.5 Å². The Labute approximate surface area is 116 Å². The van der Waals surface area contributed by atoms with Gasteiger partial charge in [-0.05, 0) is 23.8 Å². The summed E-state index contributed by atoms with van der Waals surface area (Å²) in [6.45, 7) is 0. The molecule has 3 nitrogen and oxygen atoms in total. The summed E-state index contributed by atoms with van der Waals surface area (Å²) in [4.78, 5) is 11.2. The van der Waals surface area contributed by atoms with Gasteiger partial charge in [-0.2, -0.15) is 0 Å². The van der Waals surface area contributed by atoms with Crippen molar-refractivity contribution in [1.82, 2.24) is 0 Å². The van der Waals surface area contributed by atoms with Crippen LogP contribution in [-0.4, -0.2) is 17.2 Å². The third-order valence-corrected chi connectivity index (χ3v) is 2.85. The Kier molecular flexibility index (Phi) is 4.42. The van der Waals surface area contributed by atoms with Gasteiger partial charge in [0.25, 0.3) is 0 Å². The number of carboxylic acid groups (broad SMARTS) is 1. The highest BCUT2D eigenvalue weighted by Crippen LogP contribution is 2.19. The molecular formula is C15H13ClO3. The van der Waals surface area contributed by atoms with E-state index in [9.17, 15) is 9.90 Å². The molecule has 19 heavy (non-hydrogen) atoms. The molecule has 2 aromatic carbocycles. The van der Waals surface area contributed by atoms with Crippen molar-refractivity contribution in [2.75, 3.05) is 0 Å². The first-order valence-electron chi connectivity index (χ1n) is 5.84. The highest BCUT2D eigenvalue weighted by molar-refractivity contribution is 6.30. The first-order valence-corrected chi connectivity index (χ1v) is 6.22. The van der Waals surface area contributed by atoms with Gasteiger partial charge in [-0.1, -0.05) is 48.0 Å². The predicted molar refractivity (Wildman–Crippen MR) is 73.6 cm³/mol. The lowest BCUT2D eigenvalue weighted by molar-refractivity contribution is -0.145. The van der Waals surface area contributed by atoms with Crippen LogP contribution in [0.25, 0.3) is 0 Å². The van der Waals surface area contributed by atoms with Gasteiger partial charge in [0, 0.05) is 11.4 Å². The van der Waals surface area contributed by atoms with Crippen molar-refractivity contribution in [3.8, 4) is 5.75 Å². The molecule has 0 saturated heterocycles. The van der Waals surface area contributed by atoms with Crippen LogP contribution in [-0.2, 0) is 11.2 Å². The van der Waals surface area contributed by atoms with Crippen molar-refractivity contribution in [1.29, 1.82) is 0 Å². The topological polar surface area (TPSA) is 46.5 Å². The minimum absolute atomic E-state index is 0.308. The Morgan fingerprint density at radius 2 is 1.89 bits per heavy atom. The second kappa shape index (κ2) is 6.25. The zero-order valence-corrected chi connectivity index (χ0v) is 10.9. The van der Waals surface area contributed by atoms with Crippen molar-refractivity contribution in [3.63, 3.8) is 0 Å². The van der Waals surface area contributed by atoms with Gasteiger partial charge in [-0.25, -0.2) is 4.79 Å². The van der Waals surface area contributed by atoms with E-state index >= 15 is 0 Å². The van der Waals surface area contributed by atoms with Crippen LogP contribution in [0, 0.1) is 0 Å². The highest BCUT2D eigenvalue weighted by Gasteiger charge is 2.20. The highest BCUT2D eigenvalue weighted by atomic mass is 35.5. The SMILES string of the molecule is O=C(O)[C@@H](Cc1ccccc1)Oc1cccc(Cl)c1. The maximum Gasteiger partial charge on any atom is 0.345 e. The number of carbonyl (C=O) groups is 1. The molecule has 0 fully saturated rings. The van der Waals surface area contributed by atoms with Crippen molar-refractivity contribution >= 4 is 17.6 Å². The summed E-state index contributed by atoms with van der Waals surface area (Å²) in [5.41, 5.74) is 0.914. The maximum atomic E-state index is 11.2. The van der Waals surface area contributed by atoms with Crippen molar-refractivity contribution < 1.29 is 14.6 Å². The van der Waals surface area contributed by atoms with Crippen LogP contribution in [0.5, 0.6) is 5.75 Å². The average molecular weight is 277 g/mol. The summed E-state index contributed by atoms with van der Waals surface area (Å²) in [5.74, 6) is -0.542. The van der Waals surface area contributed by atoms with Crippen LogP contribution in [0.15, 0.2) is 54.6 Å². The molecule has 98 valence electrons. The van der Waals surface area contributed by atoms with Gasteiger partial charge < -0.3 is 9.84 Å². The number of benzene rings is 2. The van der Waals surface area contributed by atoms with Crippen LogP contribution >= 0.6 is 11.6 Å². The summed E-state index contributed by atoms with van der Waals surface area (Å²) in [5, 5.41) is 9.72. The number of aliphatic carboxylic acids is 1. The lowest BCUT2D eigenvalue weighted by Gasteiger charge is -2.15. The summed E-state index contributed by atoms with van der Waals surface area (Å²) in [6.07, 6.45) is -0.622. The van der Waals surface area contributed by atoms with Gasteiger partial charge in [-0.15, -0.1) is 0 Å².